The van der Waals surface area contributed by atoms with Gasteiger partial charge in [0.1, 0.15) is 17.3 Å². The van der Waals surface area contributed by atoms with Gasteiger partial charge in [-0.1, -0.05) is 24.6 Å². The number of benzene rings is 2. The second-order valence-electron chi connectivity index (χ2n) is 4.48. The maximum atomic E-state index is 12.9. The van der Waals surface area contributed by atoms with Crippen molar-refractivity contribution in [3.63, 3.8) is 0 Å². The third-order valence-corrected chi connectivity index (χ3v) is 3.05. The Bertz CT molecular complexity index is 557. The van der Waals surface area contributed by atoms with Crippen LogP contribution in [0.25, 0.3) is 0 Å². The molecule has 2 aromatic carbocycles. The number of nitrogens with one attached hydrogen (secondary N) is 1. The fourth-order valence-electron chi connectivity index (χ4n) is 1.80. The zero-order valence-corrected chi connectivity index (χ0v) is 12.1. The zero-order valence-electron chi connectivity index (χ0n) is 11.3. The Morgan fingerprint density at radius 1 is 1.15 bits per heavy atom. The minimum absolute atomic E-state index is 0.284. The van der Waals surface area contributed by atoms with Gasteiger partial charge in [0.2, 0.25) is 0 Å². The number of halogens is 2. The van der Waals surface area contributed by atoms with Crippen molar-refractivity contribution in [1.29, 1.82) is 0 Å². The Morgan fingerprint density at radius 2 is 1.90 bits per heavy atom. The van der Waals surface area contributed by atoms with Gasteiger partial charge in [-0.2, -0.15) is 0 Å². The molecular weight excluding hydrogens is 277 g/mol. The van der Waals surface area contributed by atoms with Crippen molar-refractivity contribution in [2.24, 2.45) is 0 Å². The highest BCUT2D eigenvalue weighted by Gasteiger charge is 2.06. The average Bonchev–Trinajstić information content (AvgIpc) is 2.44. The molecule has 0 spiro atoms. The lowest BCUT2D eigenvalue weighted by atomic mass is 10.2. The lowest BCUT2D eigenvalue weighted by molar-refractivity contribution is 0.471. The molecule has 20 heavy (non-hydrogen) atoms. The third-order valence-electron chi connectivity index (χ3n) is 2.81. The van der Waals surface area contributed by atoms with Gasteiger partial charge in [0.25, 0.3) is 0 Å². The SMILES string of the molecule is CCCNCc1ccc(Cl)cc1Oc1ccc(F)cc1. The summed E-state index contributed by atoms with van der Waals surface area (Å²) in [5, 5.41) is 3.94. The highest BCUT2D eigenvalue weighted by molar-refractivity contribution is 6.30. The van der Waals surface area contributed by atoms with Crippen molar-refractivity contribution in [1.82, 2.24) is 5.32 Å². The number of hydrogen-bond donors (Lipinski definition) is 1. The van der Waals surface area contributed by atoms with E-state index < -0.39 is 0 Å². The number of hydrogen-bond acceptors (Lipinski definition) is 2. The summed E-state index contributed by atoms with van der Waals surface area (Å²) in [4.78, 5) is 0. The standard InChI is InChI=1S/C16H17ClFNO/c1-2-9-19-11-12-3-4-13(17)10-16(12)20-15-7-5-14(18)6-8-15/h3-8,10,19H,2,9,11H2,1H3. The topological polar surface area (TPSA) is 21.3 Å². The van der Waals surface area contributed by atoms with E-state index in [2.05, 4.69) is 12.2 Å². The third kappa shape index (κ3) is 4.22. The van der Waals surface area contributed by atoms with E-state index in [9.17, 15) is 4.39 Å². The van der Waals surface area contributed by atoms with Crippen LogP contribution in [0.2, 0.25) is 5.02 Å². The summed E-state index contributed by atoms with van der Waals surface area (Å²) >= 11 is 6.01. The van der Waals surface area contributed by atoms with Crippen LogP contribution in [-0.4, -0.2) is 6.54 Å². The predicted molar refractivity (Wildman–Crippen MR) is 79.9 cm³/mol. The quantitative estimate of drug-likeness (QED) is 0.775. The molecule has 0 saturated carbocycles. The van der Waals surface area contributed by atoms with Crippen molar-refractivity contribution in [3.8, 4) is 11.5 Å². The van der Waals surface area contributed by atoms with E-state index in [4.69, 9.17) is 16.3 Å². The Kier molecular flexibility index (Phi) is 5.39. The van der Waals surface area contributed by atoms with Crippen molar-refractivity contribution in [2.45, 2.75) is 19.9 Å². The fourth-order valence-corrected chi connectivity index (χ4v) is 1.96. The summed E-state index contributed by atoms with van der Waals surface area (Å²) in [5.74, 6) is 0.992. The number of ether oxygens (including phenoxy) is 1. The molecule has 0 radical (unpaired) electrons. The molecule has 0 heterocycles. The normalized spacial score (nSPS) is 10.6. The molecule has 0 aliphatic heterocycles. The van der Waals surface area contributed by atoms with Crippen molar-refractivity contribution < 1.29 is 9.13 Å². The highest BCUT2D eigenvalue weighted by atomic mass is 35.5. The van der Waals surface area contributed by atoms with Crippen LogP contribution in [0.15, 0.2) is 42.5 Å². The van der Waals surface area contributed by atoms with Gasteiger partial charge >= 0.3 is 0 Å². The highest BCUT2D eigenvalue weighted by Crippen LogP contribution is 2.28. The molecule has 2 nitrogen and oxygen atoms in total. The maximum absolute atomic E-state index is 12.9. The molecule has 1 N–H and O–H groups in total. The van der Waals surface area contributed by atoms with E-state index in [1.165, 1.54) is 12.1 Å². The van der Waals surface area contributed by atoms with E-state index >= 15 is 0 Å². The molecule has 0 unspecified atom stereocenters. The van der Waals surface area contributed by atoms with Crippen LogP contribution in [0.4, 0.5) is 4.39 Å². The van der Waals surface area contributed by atoms with E-state index in [-0.39, 0.29) is 5.82 Å². The predicted octanol–water partition coefficient (Wildman–Crippen LogP) is 4.77. The molecule has 0 aliphatic carbocycles. The Balaban J connectivity index is 2.15. The molecule has 4 heteroatoms. The largest absolute Gasteiger partial charge is 0.457 e. The van der Waals surface area contributed by atoms with Gasteiger partial charge < -0.3 is 10.1 Å². The Morgan fingerprint density at radius 3 is 2.60 bits per heavy atom. The molecule has 0 aliphatic rings. The Hall–Kier alpha value is -1.58. The van der Waals surface area contributed by atoms with Crippen LogP contribution in [0, 0.1) is 5.82 Å². The van der Waals surface area contributed by atoms with Crippen molar-refractivity contribution in [2.75, 3.05) is 6.54 Å². The van der Waals surface area contributed by atoms with Gasteiger partial charge in [-0.15, -0.1) is 0 Å². The van der Waals surface area contributed by atoms with Crippen LogP contribution >= 0.6 is 11.6 Å². The van der Waals surface area contributed by atoms with Crippen molar-refractivity contribution >= 4 is 11.6 Å². The fraction of sp³-hybridized carbons (Fsp3) is 0.250. The second-order valence-corrected chi connectivity index (χ2v) is 4.92. The molecule has 2 rings (SSSR count). The smallest absolute Gasteiger partial charge is 0.133 e. The molecule has 0 bridgehead atoms. The first-order chi connectivity index (χ1) is 9.69. The average molecular weight is 294 g/mol. The molecule has 106 valence electrons. The van der Waals surface area contributed by atoms with Gasteiger partial charge in [-0.3, -0.25) is 0 Å². The summed E-state index contributed by atoms with van der Waals surface area (Å²) in [6.45, 7) is 3.77. The first-order valence-corrected chi connectivity index (χ1v) is 6.99. The first-order valence-electron chi connectivity index (χ1n) is 6.61. The van der Waals surface area contributed by atoms with Crippen LogP contribution < -0.4 is 10.1 Å². The van der Waals surface area contributed by atoms with Crippen molar-refractivity contribution in [3.05, 3.63) is 58.9 Å². The first kappa shape index (κ1) is 14.8. The van der Waals surface area contributed by atoms with E-state index in [0.29, 0.717) is 23.1 Å². The molecule has 0 amide bonds. The molecule has 0 aromatic heterocycles. The molecule has 0 atom stereocenters. The second kappa shape index (κ2) is 7.27. The Labute approximate surface area is 123 Å². The summed E-state index contributed by atoms with van der Waals surface area (Å²) in [5.41, 5.74) is 1.02. The van der Waals surface area contributed by atoms with E-state index in [1.54, 1.807) is 18.2 Å². The summed E-state index contributed by atoms with van der Waals surface area (Å²) in [7, 11) is 0. The van der Waals surface area contributed by atoms with Gasteiger partial charge in [0, 0.05) is 17.1 Å². The van der Waals surface area contributed by atoms with Gasteiger partial charge in [-0.05, 0) is 49.4 Å². The van der Waals surface area contributed by atoms with E-state index in [0.717, 1.165) is 18.5 Å². The zero-order chi connectivity index (χ0) is 14.4. The lowest BCUT2D eigenvalue weighted by Crippen LogP contribution is -2.14. The summed E-state index contributed by atoms with van der Waals surface area (Å²) in [6.07, 6.45) is 1.07. The molecule has 2 aromatic rings. The van der Waals surface area contributed by atoms with Crippen LogP contribution in [0.3, 0.4) is 0 Å². The summed E-state index contributed by atoms with van der Waals surface area (Å²) in [6, 6.07) is 11.5. The minimum Gasteiger partial charge on any atom is -0.457 e. The maximum Gasteiger partial charge on any atom is 0.133 e. The monoisotopic (exact) mass is 293 g/mol. The minimum atomic E-state index is -0.284. The lowest BCUT2D eigenvalue weighted by Gasteiger charge is -2.12. The van der Waals surface area contributed by atoms with E-state index in [1.807, 2.05) is 12.1 Å². The van der Waals surface area contributed by atoms with Gasteiger partial charge in [0.15, 0.2) is 0 Å². The molecule has 0 fully saturated rings. The van der Waals surface area contributed by atoms with Crippen LogP contribution in [0.5, 0.6) is 11.5 Å². The van der Waals surface area contributed by atoms with Crippen LogP contribution in [-0.2, 0) is 6.54 Å². The van der Waals surface area contributed by atoms with Gasteiger partial charge in [0.05, 0.1) is 0 Å². The molecule has 0 saturated heterocycles. The number of rotatable bonds is 6. The molecular formula is C16H17ClFNO. The summed E-state index contributed by atoms with van der Waals surface area (Å²) < 4.78 is 18.7. The van der Waals surface area contributed by atoms with Crippen LogP contribution in [0.1, 0.15) is 18.9 Å². The van der Waals surface area contributed by atoms with Gasteiger partial charge in [-0.25, -0.2) is 4.39 Å².